The van der Waals surface area contributed by atoms with Gasteiger partial charge < -0.3 is 5.11 Å². The third-order valence-corrected chi connectivity index (χ3v) is 10.5. The zero-order valence-electron chi connectivity index (χ0n) is 20.0. The lowest BCUT2D eigenvalue weighted by Gasteiger charge is -2.56. The van der Waals surface area contributed by atoms with E-state index in [-0.39, 0.29) is 23.7 Å². The number of aromatic nitrogens is 2. The molecule has 8 atom stereocenters. The van der Waals surface area contributed by atoms with Gasteiger partial charge in [-0.3, -0.25) is 9.48 Å². The van der Waals surface area contributed by atoms with Crippen molar-refractivity contribution in [2.45, 2.75) is 83.8 Å². The van der Waals surface area contributed by atoms with Gasteiger partial charge >= 0.3 is 0 Å². The van der Waals surface area contributed by atoms with Crippen molar-refractivity contribution < 1.29 is 14.3 Å². The number of ketones is 1. The molecule has 1 aromatic carbocycles. The van der Waals surface area contributed by atoms with E-state index in [1.165, 1.54) is 44.2 Å². The third-order valence-electron chi connectivity index (χ3n) is 10.5. The Bertz CT molecular complexity index is 1080. The van der Waals surface area contributed by atoms with Gasteiger partial charge in [0.15, 0.2) is 5.78 Å². The summed E-state index contributed by atoms with van der Waals surface area (Å²) < 4.78 is 15.3. The van der Waals surface area contributed by atoms with E-state index in [9.17, 15) is 14.3 Å². The Labute approximate surface area is 195 Å². The molecular formula is C28H37FN2O2. The number of Topliss-reactive ketones (excluding diaryl/α,β-unsaturated/α-hetero) is 1. The number of rotatable bonds is 3. The standard InChI is InChI=1S/C28H37FN2O2/c1-27(33)11-9-20-17(14-27)3-5-22-21(20)10-12-28(2)23(22)6-7-24(28)26(32)16-31-25-8-4-19(29)13-18(25)15-30-31/h4,8,13,15,17,20-24,33H,3,5-7,9-12,14,16H2,1-2H3/t17-,20+,21-,22-,23+,24-,27-,28+/m1/s1. The second kappa shape index (κ2) is 7.63. The van der Waals surface area contributed by atoms with Gasteiger partial charge in [0.05, 0.1) is 17.3 Å². The van der Waals surface area contributed by atoms with Gasteiger partial charge in [-0.05, 0) is 118 Å². The van der Waals surface area contributed by atoms with Gasteiger partial charge in [0.1, 0.15) is 12.4 Å². The minimum Gasteiger partial charge on any atom is -0.390 e. The third kappa shape index (κ3) is 3.48. The van der Waals surface area contributed by atoms with Crippen LogP contribution >= 0.6 is 0 Å². The van der Waals surface area contributed by atoms with Gasteiger partial charge in [-0.1, -0.05) is 6.92 Å². The normalized spacial score (nSPS) is 42.5. The second-order valence-corrected chi connectivity index (χ2v) is 12.3. The maximum atomic E-state index is 13.6. The monoisotopic (exact) mass is 452 g/mol. The highest BCUT2D eigenvalue weighted by molar-refractivity contribution is 5.85. The molecule has 5 heteroatoms. The lowest BCUT2D eigenvalue weighted by molar-refractivity contribution is -0.133. The summed E-state index contributed by atoms with van der Waals surface area (Å²) in [5.74, 6) is 3.79. The molecule has 0 spiro atoms. The Morgan fingerprint density at radius 1 is 1.09 bits per heavy atom. The van der Waals surface area contributed by atoms with Crippen LogP contribution in [0.1, 0.15) is 71.6 Å². The van der Waals surface area contributed by atoms with Gasteiger partial charge in [0, 0.05) is 11.3 Å². The molecule has 0 bridgehead atoms. The molecule has 0 radical (unpaired) electrons. The number of halogens is 1. The van der Waals surface area contributed by atoms with Crippen molar-refractivity contribution in [3.8, 4) is 0 Å². The first-order chi connectivity index (χ1) is 15.7. The van der Waals surface area contributed by atoms with E-state index in [0.29, 0.717) is 17.6 Å². The van der Waals surface area contributed by atoms with Gasteiger partial charge in [-0.15, -0.1) is 0 Å². The number of fused-ring (bicyclic) bond motifs is 6. The van der Waals surface area contributed by atoms with Crippen LogP contribution in [-0.4, -0.2) is 26.3 Å². The van der Waals surface area contributed by atoms with Crippen LogP contribution in [-0.2, 0) is 11.3 Å². The number of nitrogens with zero attached hydrogens (tertiary/aromatic N) is 2. The van der Waals surface area contributed by atoms with Crippen LogP contribution in [0, 0.1) is 46.7 Å². The molecule has 1 heterocycles. The summed E-state index contributed by atoms with van der Waals surface area (Å²) in [7, 11) is 0. The lowest BCUT2D eigenvalue weighted by atomic mass is 9.49. The number of aliphatic hydroxyl groups is 1. The van der Waals surface area contributed by atoms with Gasteiger partial charge in [0.2, 0.25) is 0 Å². The SMILES string of the molecule is C[C@@]1(O)CC[C@H]2[C@H](CC[C@@H]3[C@@H]2CC[C@]2(C)[C@@H](C(=O)Cn4ncc5cc(F)ccc54)CC[C@@H]32)C1. The molecule has 0 aliphatic heterocycles. The average molecular weight is 453 g/mol. The first-order valence-corrected chi connectivity index (χ1v) is 13.1. The molecule has 0 unspecified atom stereocenters. The van der Waals surface area contributed by atoms with Crippen molar-refractivity contribution in [1.29, 1.82) is 0 Å². The predicted molar refractivity (Wildman–Crippen MR) is 126 cm³/mol. The summed E-state index contributed by atoms with van der Waals surface area (Å²) >= 11 is 0. The summed E-state index contributed by atoms with van der Waals surface area (Å²) in [6.07, 6.45) is 11.9. The van der Waals surface area contributed by atoms with E-state index in [1.807, 2.05) is 6.92 Å². The van der Waals surface area contributed by atoms with Crippen molar-refractivity contribution in [2.75, 3.05) is 0 Å². The van der Waals surface area contributed by atoms with Crippen LogP contribution in [0.15, 0.2) is 24.4 Å². The largest absolute Gasteiger partial charge is 0.390 e. The molecular weight excluding hydrogens is 415 g/mol. The molecule has 1 aromatic heterocycles. The minimum atomic E-state index is -0.468. The number of hydrogen-bond donors (Lipinski definition) is 1. The molecule has 4 aliphatic rings. The molecule has 178 valence electrons. The quantitative estimate of drug-likeness (QED) is 0.644. The lowest BCUT2D eigenvalue weighted by Crippen LogP contribution is -2.51. The number of hydrogen-bond acceptors (Lipinski definition) is 3. The van der Waals surface area contributed by atoms with Gasteiger partial charge in [-0.25, -0.2) is 4.39 Å². The molecule has 0 saturated heterocycles. The van der Waals surface area contributed by atoms with Crippen LogP contribution in [0.2, 0.25) is 0 Å². The molecule has 33 heavy (non-hydrogen) atoms. The molecule has 0 amide bonds. The Morgan fingerprint density at radius 2 is 1.91 bits per heavy atom. The molecule has 6 rings (SSSR count). The molecule has 4 nitrogen and oxygen atoms in total. The topological polar surface area (TPSA) is 55.1 Å². The maximum Gasteiger partial charge on any atom is 0.157 e. The van der Waals surface area contributed by atoms with E-state index in [4.69, 9.17) is 0 Å². The number of benzene rings is 1. The smallest absolute Gasteiger partial charge is 0.157 e. The van der Waals surface area contributed by atoms with E-state index >= 15 is 0 Å². The zero-order chi connectivity index (χ0) is 23.0. The van der Waals surface area contributed by atoms with Crippen molar-refractivity contribution in [3.05, 3.63) is 30.2 Å². The van der Waals surface area contributed by atoms with E-state index in [2.05, 4.69) is 12.0 Å². The van der Waals surface area contributed by atoms with Crippen molar-refractivity contribution in [1.82, 2.24) is 9.78 Å². The van der Waals surface area contributed by atoms with Crippen LogP contribution in [0.4, 0.5) is 4.39 Å². The first-order valence-electron chi connectivity index (χ1n) is 13.1. The fourth-order valence-electron chi connectivity index (χ4n) is 9.05. The van der Waals surface area contributed by atoms with E-state index in [0.717, 1.165) is 54.3 Å². The Hall–Kier alpha value is -1.75. The van der Waals surface area contributed by atoms with E-state index < -0.39 is 5.60 Å². The fraction of sp³-hybridized carbons (Fsp3) is 0.714. The van der Waals surface area contributed by atoms with E-state index in [1.54, 1.807) is 16.9 Å². The summed E-state index contributed by atoms with van der Waals surface area (Å²) in [5.41, 5.74) is 0.463. The highest BCUT2D eigenvalue weighted by Crippen LogP contribution is 2.64. The Kier molecular flexibility index (Phi) is 5.03. The molecule has 2 aromatic rings. The van der Waals surface area contributed by atoms with Gasteiger partial charge in [-0.2, -0.15) is 5.10 Å². The summed E-state index contributed by atoms with van der Waals surface area (Å²) in [6, 6.07) is 4.66. The van der Waals surface area contributed by atoms with Crippen LogP contribution in [0.25, 0.3) is 10.9 Å². The minimum absolute atomic E-state index is 0.0975. The average Bonchev–Trinajstić information content (AvgIpc) is 3.32. The van der Waals surface area contributed by atoms with Crippen LogP contribution < -0.4 is 0 Å². The Morgan fingerprint density at radius 3 is 2.76 bits per heavy atom. The van der Waals surface area contributed by atoms with Crippen LogP contribution in [0.5, 0.6) is 0 Å². The molecule has 1 N–H and O–H groups in total. The van der Waals surface area contributed by atoms with Crippen molar-refractivity contribution >= 4 is 16.7 Å². The van der Waals surface area contributed by atoms with Gasteiger partial charge in [0.25, 0.3) is 0 Å². The van der Waals surface area contributed by atoms with Crippen LogP contribution in [0.3, 0.4) is 0 Å². The summed E-state index contributed by atoms with van der Waals surface area (Å²) in [6.45, 7) is 4.72. The predicted octanol–water partition coefficient (Wildman–Crippen LogP) is 5.76. The molecule has 4 aliphatic carbocycles. The zero-order valence-corrected chi connectivity index (χ0v) is 20.0. The highest BCUT2D eigenvalue weighted by Gasteiger charge is 2.58. The van der Waals surface area contributed by atoms with Crippen molar-refractivity contribution in [3.63, 3.8) is 0 Å². The van der Waals surface area contributed by atoms with Crippen molar-refractivity contribution in [2.24, 2.45) is 40.9 Å². The second-order valence-electron chi connectivity index (χ2n) is 12.3. The first kappa shape index (κ1) is 21.8. The summed E-state index contributed by atoms with van der Waals surface area (Å²) in [5, 5.41) is 15.8. The summed E-state index contributed by atoms with van der Waals surface area (Å²) in [4.78, 5) is 13.6. The number of carbonyl (C=O) groups is 1. The fourth-order valence-corrected chi connectivity index (χ4v) is 9.05. The molecule has 4 fully saturated rings. The highest BCUT2D eigenvalue weighted by atomic mass is 19.1. The Balaban J connectivity index is 1.19. The molecule has 4 saturated carbocycles. The maximum absolute atomic E-state index is 13.6. The number of carbonyl (C=O) groups excluding carboxylic acids is 1.